The molecule has 5 nitrogen and oxygen atoms in total. The number of hydrogen-bond acceptors (Lipinski definition) is 4. The third-order valence-corrected chi connectivity index (χ3v) is 4.06. The van der Waals surface area contributed by atoms with E-state index in [0.717, 1.165) is 38.8 Å². The summed E-state index contributed by atoms with van der Waals surface area (Å²) in [7, 11) is 1.40. The zero-order valence-electron chi connectivity index (χ0n) is 11.2. The highest BCUT2D eigenvalue weighted by molar-refractivity contribution is 5.94. The van der Waals surface area contributed by atoms with Gasteiger partial charge in [-0.25, -0.2) is 4.79 Å². The van der Waals surface area contributed by atoms with Crippen LogP contribution in [-0.4, -0.2) is 48.6 Å². The van der Waals surface area contributed by atoms with Gasteiger partial charge in [-0.3, -0.25) is 10.1 Å². The Morgan fingerprint density at radius 3 is 3.00 bits per heavy atom. The number of piperidine rings is 1. The van der Waals surface area contributed by atoms with Crippen molar-refractivity contribution in [3.05, 3.63) is 0 Å². The Labute approximate surface area is 108 Å². The molecule has 0 bridgehead atoms. The van der Waals surface area contributed by atoms with Gasteiger partial charge < -0.3 is 9.64 Å². The topological polar surface area (TPSA) is 58.6 Å². The first-order valence-corrected chi connectivity index (χ1v) is 6.78. The molecule has 2 atom stereocenters. The molecular weight excluding hydrogens is 232 g/mol. The lowest BCUT2D eigenvalue weighted by Gasteiger charge is -2.38. The maximum Gasteiger partial charge on any atom is 0.328 e. The minimum atomic E-state index is -0.817. The van der Waals surface area contributed by atoms with E-state index in [1.165, 1.54) is 7.11 Å². The molecule has 0 aromatic rings. The molecule has 5 heteroatoms. The van der Waals surface area contributed by atoms with Crippen LogP contribution in [-0.2, 0) is 14.3 Å². The molecule has 2 heterocycles. The molecule has 2 saturated heterocycles. The van der Waals surface area contributed by atoms with E-state index in [2.05, 4.69) is 5.32 Å². The van der Waals surface area contributed by atoms with Gasteiger partial charge in [0.2, 0.25) is 5.91 Å². The molecule has 18 heavy (non-hydrogen) atoms. The SMILES string of the molecule is CCCNC1(C(=O)OC)CC(=O)N2CCCCC21. The Kier molecular flexibility index (Phi) is 3.90. The number of nitrogens with zero attached hydrogens (tertiary/aromatic N) is 1. The largest absolute Gasteiger partial charge is 0.468 e. The van der Waals surface area contributed by atoms with Crippen LogP contribution in [0.25, 0.3) is 0 Å². The molecule has 0 radical (unpaired) electrons. The number of amides is 1. The van der Waals surface area contributed by atoms with Crippen molar-refractivity contribution in [2.24, 2.45) is 0 Å². The summed E-state index contributed by atoms with van der Waals surface area (Å²) in [6, 6.07) is -0.0299. The average Bonchev–Trinajstić information content (AvgIpc) is 2.70. The summed E-state index contributed by atoms with van der Waals surface area (Å²) >= 11 is 0. The lowest BCUT2D eigenvalue weighted by molar-refractivity contribution is -0.150. The third-order valence-electron chi connectivity index (χ3n) is 4.06. The Balaban J connectivity index is 2.27. The van der Waals surface area contributed by atoms with Crippen molar-refractivity contribution >= 4 is 11.9 Å². The summed E-state index contributed by atoms with van der Waals surface area (Å²) in [6.07, 6.45) is 4.16. The monoisotopic (exact) mass is 254 g/mol. The molecule has 0 aliphatic carbocycles. The van der Waals surface area contributed by atoms with Crippen molar-refractivity contribution in [3.8, 4) is 0 Å². The molecule has 0 spiro atoms. The van der Waals surface area contributed by atoms with Gasteiger partial charge in [-0.1, -0.05) is 6.92 Å². The van der Waals surface area contributed by atoms with Gasteiger partial charge in [-0.2, -0.15) is 0 Å². The fourth-order valence-corrected chi connectivity index (χ4v) is 3.19. The van der Waals surface area contributed by atoms with Crippen LogP contribution in [0.15, 0.2) is 0 Å². The van der Waals surface area contributed by atoms with Gasteiger partial charge in [0.1, 0.15) is 5.54 Å². The molecular formula is C13H22N2O3. The predicted octanol–water partition coefficient (Wildman–Crippen LogP) is 0.683. The van der Waals surface area contributed by atoms with Crippen LogP contribution in [0.5, 0.6) is 0 Å². The summed E-state index contributed by atoms with van der Waals surface area (Å²) in [5.74, 6) is -0.215. The molecule has 2 rings (SSSR count). The molecule has 102 valence electrons. The van der Waals surface area contributed by atoms with E-state index in [0.29, 0.717) is 0 Å². The van der Waals surface area contributed by atoms with E-state index < -0.39 is 5.54 Å². The maximum absolute atomic E-state index is 12.2. The van der Waals surface area contributed by atoms with Crippen molar-refractivity contribution < 1.29 is 14.3 Å². The molecule has 2 fully saturated rings. The second-order valence-corrected chi connectivity index (χ2v) is 5.17. The zero-order chi connectivity index (χ0) is 13.2. The number of nitrogens with one attached hydrogen (secondary N) is 1. The number of carbonyl (C=O) groups excluding carboxylic acids is 2. The number of esters is 1. The Bertz CT molecular complexity index is 345. The van der Waals surface area contributed by atoms with Gasteiger partial charge in [0, 0.05) is 6.54 Å². The van der Waals surface area contributed by atoms with Crippen molar-refractivity contribution in [1.82, 2.24) is 10.2 Å². The van der Waals surface area contributed by atoms with Crippen molar-refractivity contribution in [2.75, 3.05) is 20.2 Å². The van der Waals surface area contributed by atoms with E-state index in [4.69, 9.17) is 4.74 Å². The normalized spacial score (nSPS) is 31.3. The number of ether oxygens (including phenoxy) is 1. The first-order chi connectivity index (χ1) is 8.65. The molecule has 2 aliphatic heterocycles. The number of methoxy groups -OCH3 is 1. The van der Waals surface area contributed by atoms with Gasteiger partial charge in [-0.15, -0.1) is 0 Å². The number of fused-ring (bicyclic) bond motifs is 1. The lowest BCUT2D eigenvalue weighted by Crippen LogP contribution is -2.61. The molecule has 1 amide bonds. The van der Waals surface area contributed by atoms with E-state index >= 15 is 0 Å². The van der Waals surface area contributed by atoms with Gasteiger partial charge in [0.05, 0.1) is 19.6 Å². The maximum atomic E-state index is 12.2. The van der Waals surface area contributed by atoms with Crippen molar-refractivity contribution in [2.45, 2.75) is 50.6 Å². The summed E-state index contributed by atoms with van der Waals surface area (Å²) < 4.78 is 4.95. The average molecular weight is 254 g/mol. The Hall–Kier alpha value is -1.10. The predicted molar refractivity (Wildman–Crippen MR) is 67.0 cm³/mol. The quantitative estimate of drug-likeness (QED) is 0.750. The van der Waals surface area contributed by atoms with Crippen LogP contribution in [0.4, 0.5) is 0 Å². The highest BCUT2D eigenvalue weighted by Gasteiger charge is 2.57. The van der Waals surface area contributed by atoms with Gasteiger partial charge >= 0.3 is 5.97 Å². The van der Waals surface area contributed by atoms with E-state index in [-0.39, 0.29) is 24.3 Å². The second kappa shape index (κ2) is 5.26. The lowest BCUT2D eigenvalue weighted by atomic mass is 9.85. The van der Waals surface area contributed by atoms with Crippen LogP contribution in [0, 0.1) is 0 Å². The van der Waals surface area contributed by atoms with Crippen molar-refractivity contribution in [1.29, 1.82) is 0 Å². The number of carbonyl (C=O) groups is 2. The molecule has 1 N–H and O–H groups in total. The van der Waals surface area contributed by atoms with Crippen LogP contribution in [0.1, 0.15) is 39.0 Å². The summed E-state index contributed by atoms with van der Waals surface area (Å²) in [4.78, 5) is 26.1. The standard InChI is InChI=1S/C13H22N2O3/c1-3-7-14-13(12(17)18-2)9-11(16)15-8-5-4-6-10(13)15/h10,14H,3-9H2,1-2H3. The Morgan fingerprint density at radius 2 is 2.33 bits per heavy atom. The molecule has 2 aliphatic rings. The summed E-state index contributed by atoms with van der Waals surface area (Å²) in [6.45, 7) is 3.55. The van der Waals surface area contributed by atoms with Crippen LogP contribution in [0.2, 0.25) is 0 Å². The highest BCUT2D eigenvalue weighted by Crippen LogP contribution is 2.36. The molecule has 0 saturated carbocycles. The van der Waals surface area contributed by atoms with Gasteiger partial charge in [-0.05, 0) is 32.2 Å². The number of hydrogen-bond donors (Lipinski definition) is 1. The van der Waals surface area contributed by atoms with Crippen LogP contribution in [0.3, 0.4) is 0 Å². The first kappa shape index (κ1) is 13.3. The van der Waals surface area contributed by atoms with Crippen LogP contribution >= 0.6 is 0 Å². The highest BCUT2D eigenvalue weighted by atomic mass is 16.5. The minimum Gasteiger partial charge on any atom is -0.468 e. The molecule has 0 aromatic carbocycles. The second-order valence-electron chi connectivity index (χ2n) is 5.17. The zero-order valence-corrected chi connectivity index (χ0v) is 11.2. The Morgan fingerprint density at radius 1 is 1.56 bits per heavy atom. The van der Waals surface area contributed by atoms with Gasteiger partial charge in [0.25, 0.3) is 0 Å². The first-order valence-electron chi connectivity index (χ1n) is 6.78. The fraction of sp³-hybridized carbons (Fsp3) is 0.846. The smallest absolute Gasteiger partial charge is 0.328 e. The number of rotatable bonds is 4. The van der Waals surface area contributed by atoms with Crippen LogP contribution < -0.4 is 5.32 Å². The van der Waals surface area contributed by atoms with E-state index in [1.54, 1.807) is 0 Å². The van der Waals surface area contributed by atoms with Gasteiger partial charge in [0.15, 0.2) is 0 Å². The van der Waals surface area contributed by atoms with Crippen molar-refractivity contribution in [3.63, 3.8) is 0 Å². The van der Waals surface area contributed by atoms with E-state index in [1.807, 2.05) is 11.8 Å². The molecule has 2 unspecified atom stereocenters. The molecule has 0 aromatic heterocycles. The van der Waals surface area contributed by atoms with E-state index in [9.17, 15) is 9.59 Å². The summed E-state index contributed by atoms with van der Waals surface area (Å²) in [5, 5.41) is 3.29. The third kappa shape index (κ3) is 2.00. The fourth-order valence-electron chi connectivity index (χ4n) is 3.19. The summed E-state index contributed by atoms with van der Waals surface area (Å²) in [5.41, 5.74) is -0.817. The minimum absolute atomic E-state index is 0.0299.